The fourth-order valence-corrected chi connectivity index (χ4v) is 2.26. The lowest BCUT2D eigenvalue weighted by atomic mass is 10.1. The SMILES string of the molecule is CCCCn1ccnc1CNCCc1ccc(OC)cc1. The highest BCUT2D eigenvalue weighted by atomic mass is 16.5. The first-order valence-corrected chi connectivity index (χ1v) is 7.67. The summed E-state index contributed by atoms with van der Waals surface area (Å²) in [6.07, 6.45) is 7.38. The molecule has 0 atom stereocenters. The molecule has 0 saturated heterocycles. The van der Waals surface area contributed by atoms with Gasteiger partial charge in [-0.25, -0.2) is 4.98 Å². The van der Waals surface area contributed by atoms with Gasteiger partial charge in [-0.3, -0.25) is 0 Å². The Bertz CT molecular complexity index is 519. The van der Waals surface area contributed by atoms with E-state index in [0.717, 1.165) is 37.6 Å². The van der Waals surface area contributed by atoms with Gasteiger partial charge in [-0.05, 0) is 37.1 Å². The highest BCUT2D eigenvalue weighted by Gasteiger charge is 2.01. The van der Waals surface area contributed by atoms with Crippen LogP contribution in [0, 0.1) is 0 Å². The van der Waals surface area contributed by atoms with Gasteiger partial charge in [0.25, 0.3) is 0 Å². The van der Waals surface area contributed by atoms with E-state index in [-0.39, 0.29) is 0 Å². The maximum absolute atomic E-state index is 5.16. The van der Waals surface area contributed by atoms with Crippen LogP contribution in [0.3, 0.4) is 0 Å². The average molecular weight is 287 g/mol. The lowest BCUT2D eigenvalue weighted by molar-refractivity contribution is 0.414. The van der Waals surface area contributed by atoms with Gasteiger partial charge in [-0.2, -0.15) is 0 Å². The van der Waals surface area contributed by atoms with Crippen LogP contribution in [-0.2, 0) is 19.5 Å². The summed E-state index contributed by atoms with van der Waals surface area (Å²) in [5, 5.41) is 3.47. The Labute approximate surface area is 127 Å². The summed E-state index contributed by atoms with van der Waals surface area (Å²) in [5.74, 6) is 2.03. The summed E-state index contributed by atoms with van der Waals surface area (Å²) in [4.78, 5) is 4.42. The van der Waals surface area contributed by atoms with Gasteiger partial charge < -0.3 is 14.6 Å². The Morgan fingerprint density at radius 2 is 2.05 bits per heavy atom. The van der Waals surface area contributed by atoms with Crippen LogP contribution in [0.2, 0.25) is 0 Å². The first-order chi connectivity index (χ1) is 10.3. The van der Waals surface area contributed by atoms with Crippen LogP contribution in [0.25, 0.3) is 0 Å². The van der Waals surface area contributed by atoms with Gasteiger partial charge in [0, 0.05) is 18.9 Å². The van der Waals surface area contributed by atoms with Gasteiger partial charge in [0.15, 0.2) is 0 Å². The van der Waals surface area contributed by atoms with E-state index in [0.29, 0.717) is 0 Å². The molecule has 1 aromatic carbocycles. The van der Waals surface area contributed by atoms with Crippen LogP contribution >= 0.6 is 0 Å². The summed E-state index contributed by atoms with van der Waals surface area (Å²) >= 11 is 0. The van der Waals surface area contributed by atoms with Gasteiger partial charge in [0.2, 0.25) is 0 Å². The number of hydrogen-bond acceptors (Lipinski definition) is 3. The van der Waals surface area contributed by atoms with Crippen molar-refractivity contribution >= 4 is 0 Å². The standard InChI is InChI=1S/C17H25N3O/c1-3-4-12-20-13-11-19-17(20)14-18-10-9-15-5-7-16(21-2)8-6-15/h5-8,11,13,18H,3-4,9-10,12,14H2,1-2H3. The van der Waals surface area contributed by atoms with Gasteiger partial charge in [-0.1, -0.05) is 25.5 Å². The van der Waals surface area contributed by atoms with Crippen LogP contribution in [0.5, 0.6) is 5.75 Å². The Morgan fingerprint density at radius 3 is 2.76 bits per heavy atom. The molecule has 0 fully saturated rings. The van der Waals surface area contributed by atoms with E-state index in [9.17, 15) is 0 Å². The van der Waals surface area contributed by atoms with Crippen molar-refractivity contribution < 1.29 is 4.74 Å². The summed E-state index contributed by atoms with van der Waals surface area (Å²) < 4.78 is 7.40. The molecule has 1 heterocycles. The van der Waals surface area contributed by atoms with Gasteiger partial charge in [-0.15, -0.1) is 0 Å². The molecule has 2 aromatic rings. The third-order valence-corrected chi connectivity index (χ3v) is 3.59. The van der Waals surface area contributed by atoms with Crippen molar-refractivity contribution in [1.82, 2.24) is 14.9 Å². The fourth-order valence-electron chi connectivity index (χ4n) is 2.26. The monoisotopic (exact) mass is 287 g/mol. The number of nitrogens with zero attached hydrogens (tertiary/aromatic N) is 2. The Balaban J connectivity index is 1.72. The molecule has 0 radical (unpaired) electrons. The Kier molecular flexibility index (Phi) is 6.28. The lowest BCUT2D eigenvalue weighted by Crippen LogP contribution is -2.19. The molecule has 0 unspecified atom stereocenters. The van der Waals surface area contributed by atoms with E-state index < -0.39 is 0 Å². The zero-order valence-electron chi connectivity index (χ0n) is 13.0. The topological polar surface area (TPSA) is 39.1 Å². The molecule has 1 N–H and O–H groups in total. The molecule has 114 valence electrons. The number of imidazole rings is 1. The van der Waals surface area contributed by atoms with Crippen LogP contribution in [0.1, 0.15) is 31.2 Å². The molecule has 0 aliphatic rings. The molecular weight excluding hydrogens is 262 g/mol. The number of aromatic nitrogens is 2. The molecule has 4 nitrogen and oxygen atoms in total. The summed E-state index contributed by atoms with van der Waals surface area (Å²) in [5.41, 5.74) is 1.32. The van der Waals surface area contributed by atoms with E-state index in [2.05, 4.69) is 40.1 Å². The van der Waals surface area contributed by atoms with Crippen molar-refractivity contribution in [2.75, 3.05) is 13.7 Å². The second kappa shape index (κ2) is 8.47. The highest BCUT2D eigenvalue weighted by molar-refractivity contribution is 5.27. The largest absolute Gasteiger partial charge is 0.497 e. The molecule has 0 aliphatic heterocycles. The number of ether oxygens (including phenoxy) is 1. The molecule has 2 rings (SSSR count). The predicted molar refractivity (Wildman–Crippen MR) is 85.5 cm³/mol. The zero-order chi connectivity index (χ0) is 14.9. The highest BCUT2D eigenvalue weighted by Crippen LogP contribution is 2.11. The maximum atomic E-state index is 5.16. The molecule has 0 saturated carbocycles. The molecule has 0 bridgehead atoms. The van der Waals surface area contributed by atoms with Crippen LogP contribution in [0.15, 0.2) is 36.7 Å². The van der Waals surface area contributed by atoms with Crippen molar-refractivity contribution in [3.05, 3.63) is 48.0 Å². The first-order valence-electron chi connectivity index (χ1n) is 7.67. The molecule has 1 aromatic heterocycles. The third kappa shape index (κ3) is 4.90. The average Bonchev–Trinajstić information content (AvgIpc) is 2.97. The lowest BCUT2D eigenvalue weighted by Gasteiger charge is -2.08. The minimum Gasteiger partial charge on any atom is -0.497 e. The number of hydrogen-bond donors (Lipinski definition) is 1. The molecular formula is C17H25N3O. The van der Waals surface area contributed by atoms with Crippen LogP contribution in [0.4, 0.5) is 0 Å². The van der Waals surface area contributed by atoms with Gasteiger partial charge in [0.1, 0.15) is 11.6 Å². The first kappa shape index (κ1) is 15.6. The molecule has 4 heteroatoms. The van der Waals surface area contributed by atoms with Crippen molar-refractivity contribution in [1.29, 1.82) is 0 Å². The minimum atomic E-state index is 0.826. The molecule has 0 aliphatic carbocycles. The van der Waals surface area contributed by atoms with E-state index in [4.69, 9.17) is 4.74 Å². The number of rotatable bonds is 9. The van der Waals surface area contributed by atoms with E-state index in [1.165, 1.54) is 18.4 Å². The second-order valence-corrected chi connectivity index (χ2v) is 5.17. The molecule has 21 heavy (non-hydrogen) atoms. The Morgan fingerprint density at radius 1 is 1.24 bits per heavy atom. The predicted octanol–water partition coefficient (Wildman–Crippen LogP) is 3.02. The normalized spacial score (nSPS) is 10.8. The number of nitrogens with one attached hydrogen (secondary N) is 1. The minimum absolute atomic E-state index is 0.826. The Hall–Kier alpha value is -1.81. The molecule has 0 spiro atoms. The number of methoxy groups -OCH3 is 1. The van der Waals surface area contributed by atoms with Crippen molar-refractivity contribution in [3.63, 3.8) is 0 Å². The smallest absolute Gasteiger partial charge is 0.122 e. The second-order valence-electron chi connectivity index (χ2n) is 5.17. The van der Waals surface area contributed by atoms with Crippen molar-refractivity contribution in [3.8, 4) is 5.75 Å². The summed E-state index contributed by atoms with van der Waals surface area (Å²) in [7, 11) is 1.69. The maximum Gasteiger partial charge on any atom is 0.122 e. The van der Waals surface area contributed by atoms with Gasteiger partial charge in [0.05, 0.1) is 13.7 Å². The van der Waals surface area contributed by atoms with Crippen LogP contribution < -0.4 is 10.1 Å². The fraction of sp³-hybridized carbons (Fsp3) is 0.471. The van der Waals surface area contributed by atoms with E-state index in [1.54, 1.807) is 7.11 Å². The quantitative estimate of drug-likeness (QED) is 0.721. The third-order valence-electron chi connectivity index (χ3n) is 3.59. The zero-order valence-corrected chi connectivity index (χ0v) is 13.0. The summed E-state index contributed by atoms with van der Waals surface area (Å²) in [6, 6.07) is 8.24. The number of unbranched alkanes of at least 4 members (excludes halogenated alkanes) is 1. The van der Waals surface area contributed by atoms with Crippen LogP contribution in [-0.4, -0.2) is 23.2 Å². The summed E-state index contributed by atoms with van der Waals surface area (Å²) in [6.45, 7) is 5.05. The van der Waals surface area contributed by atoms with Crippen molar-refractivity contribution in [2.24, 2.45) is 0 Å². The number of benzene rings is 1. The van der Waals surface area contributed by atoms with Gasteiger partial charge >= 0.3 is 0 Å². The number of aryl methyl sites for hydroxylation is 1. The van der Waals surface area contributed by atoms with E-state index >= 15 is 0 Å². The molecule has 0 amide bonds. The van der Waals surface area contributed by atoms with Crippen molar-refractivity contribution in [2.45, 2.75) is 39.3 Å². The van der Waals surface area contributed by atoms with E-state index in [1.807, 2.05) is 18.3 Å².